The Kier molecular flexibility index (Phi) is 5.16. The molecule has 114 valence electrons. The van der Waals surface area contributed by atoms with Crippen LogP contribution in [0.15, 0.2) is 24.3 Å². The van der Waals surface area contributed by atoms with Gasteiger partial charge in [-0.15, -0.1) is 0 Å². The number of anilines is 1. The molecule has 0 aliphatic carbocycles. The van der Waals surface area contributed by atoms with Crippen LogP contribution in [-0.4, -0.2) is 49.7 Å². The molecule has 1 aromatic rings. The fourth-order valence-electron chi connectivity index (χ4n) is 2.31. The Morgan fingerprint density at radius 2 is 2.10 bits per heavy atom. The van der Waals surface area contributed by atoms with Crippen LogP contribution in [0.5, 0.6) is 0 Å². The molecule has 1 aromatic carbocycles. The number of hydrogen-bond acceptors (Lipinski definition) is 5. The number of aryl methyl sites for hydroxylation is 1. The third kappa shape index (κ3) is 3.95. The summed E-state index contributed by atoms with van der Waals surface area (Å²) in [7, 11) is 1.31. The number of methoxy groups -OCH3 is 1. The van der Waals surface area contributed by atoms with Crippen molar-refractivity contribution in [1.29, 1.82) is 0 Å². The third-order valence-electron chi connectivity index (χ3n) is 3.53. The molecule has 1 amide bonds. The molecule has 1 aliphatic heterocycles. The lowest BCUT2D eigenvalue weighted by Crippen LogP contribution is -2.53. The minimum atomic E-state index is -0.636. The highest BCUT2D eigenvalue weighted by atomic mass is 16.5. The van der Waals surface area contributed by atoms with Crippen LogP contribution in [0.4, 0.5) is 5.69 Å². The Hall–Kier alpha value is -2.08. The number of carbonyl (C=O) groups is 2. The van der Waals surface area contributed by atoms with Crippen molar-refractivity contribution in [2.45, 2.75) is 18.9 Å². The fourth-order valence-corrected chi connectivity index (χ4v) is 2.31. The van der Waals surface area contributed by atoms with Gasteiger partial charge in [-0.05, 0) is 24.1 Å². The van der Waals surface area contributed by atoms with Crippen molar-refractivity contribution < 1.29 is 19.1 Å². The monoisotopic (exact) mass is 292 g/mol. The molecule has 6 heteroatoms. The van der Waals surface area contributed by atoms with Gasteiger partial charge in [0.1, 0.15) is 0 Å². The van der Waals surface area contributed by atoms with Gasteiger partial charge in [-0.2, -0.15) is 0 Å². The number of esters is 1. The van der Waals surface area contributed by atoms with Crippen molar-refractivity contribution in [3.63, 3.8) is 0 Å². The van der Waals surface area contributed by atoms with Crippen LogP contribution < -0.4 is 5.73 Å². The number of hydrogen-bond donors (Lipinski definition) is 1. The first-order valence-corrected chi connectivity index (χ1v) is 6.91. The van der Waals surface area contributed by atoms with E-state index in [0.29, 0.717) is 31.7 Å². The van der Waals surface area contributed by atoms with Gasteiger partial charge in [0.25, 0.3) is 0 Å². The molecule has 1 unspecified atom stereocenters. The number of carbonyl (C=O) groups excluding carboxylic acids is 2. The Morgan fingerprint density at radius 3 is 2.76 bits per heavy atom. The first-order chi connectivity index (χ1) is 10.1. The number of benzene rings is 1. The second-order valence-electron chi connectivity index (χ2n) is 4.94. The van der Waals surface area contributed by atoms with Gasteiger partial charge in [0, 0.05) is 18.7 Å². The van der Waals surface area contributed by atoms with Crippen molar-refractivity contribution in [3.8, 4) is 0 Å². The zero-order valence-corrected chi connectivity index (χ0v) is 12.1. The Bertz CT molecular complexity index is 501. The van der Waals surface area contributed by atoms with E-state index in [-0.39, 0.29) is 12.5 Å². The van der Waals surface area contributed by atoms with Crippen LogP contribution in [0.1, 0.15) is 12.0 Å². The normalized spacial score (nSPS) is 18.3. The lowest BCUT2D eigenvalue weighted by atomic mass is 10.1. The number of nitrogen functional groups attached to an aromatic ring is 1. The van der Waals surface area contributed by atoms with Crippen LogP contribution in [0.25, 0.3) is 0 Å². The van der Waals surface area contributed by atoms with Crippen molar-refractivity contribution in [2.24, 2.45) is 0 Å². The van der Waals surface area contributed by atoms with Crippen molar-refractivity contribution in [3.05, 3.63) is 29.8 Å². The van der Waals surface area contributed by atoms with Crippen molar-refractivity contribution >= 4 is 17.6 Å². The summed E-state index contributed by atoms with van der Waals surface area (Å²) in [5, 5.41) is 0. The minimum Gasteiger partial charge on any atom is -0.467 e. The summed E-state index contributed by atoms with van der Waals surface area (Å²) in [6.45, 7) is 1.06. The maximum Gasteiger partial charge on any atom is 0.331 e. The molecule has 6 nitrogen and oxygen atoms in total. The number of rotatable bonds is 4. The smallest absolute Gasteiger partial charge is 0.331 e. The van der Waals surface area contributed by atoms with E-state index < -0.39 is 12.0 Å². The number of ether oxygens (including phenoxy) is 2. The van der Waals surface area contributed by atoms with Gasteiger partial charge in [0.15, 0.2) is 6.04 Å². The highest BCUT2D eigenvalue weighted by Crippen LogP contribution is 2.13. The van der Waals surface area contributed by atoms with Gasteiger partial charge in [-0.25, -0.2) is 4.79 Å². The van der Waals surface area contributed by atoms with Crippen molar-refractivity contribution in [2.75, 3.05) is 32.6 Å². The first kappa shape index (κ1) is 15.3. The zero-order chi connectivity index (χ0) is 15.2. The maximum atomic E-state index is 12.3. The molecule has 0 saturated carbocycles. The fraction of sp³-hybridized carbons (Fsp3) is 0.467. The number of nitrogens with two attached hydrogens (primary N) is 1. The predicted octanol–water partition coefficient (Wildman–Crippen LogP) is 0.602. The molecular formula is C15H20N2O4. The van der Waals surface area contributed by atoms with E-state index in [1.54, 1.807) is 4.90 Å². The molecule has 0 radical (unpaired) electrons. The lowest BCUT2D eigenvalue weighted by molar-refractivity contribution is -0.160. The van der Waals surface area contributed by atoms with Gasteiger partial charge < -0.3 is 20.1 Å². The molecule has 1 fully saturated rings. The molecule has 21 heavy (non-hydrogen) atoms. The minimum absolute atomic E-state index is 0.0643. The number of morpholine rings is 1. The van der Waals surface area contributed by atoms with Crippen LogP contribution >= 0.6 is 0 Å². The Labute approximate surface area is 123 Å². The molecule has 1 heterocycles. The SMILES string of the molecule is COC(=O)C1COCCN1C(=O)CCc1ccc(N)cc1. The summed E-state index contributed by atoms with van der Waals surface area (Å²) < 4.78 is 9.97. The zero-order valence-electron chi connectivity index (χ0n) is 12.1. The summed E-state index contributed by atoms with van der Waals surface area (Å²) in [6.07, 6.45) is 0.960. The van der Waals surface area contributed by atoms with Gasteiger partial charge in [0.2, 0.25) is 5.91 Å². The number of amides is 1. The molecule has 1 atom stereocenters. The second-order valence-corrected chi connectivity index (χ2v) is 4.94. The third-order valence-corrected chi connectivity index (χ3v) is 3.53. The van der Waals surface area contributed by atoms with E-state index >= 15 is 0 Å². The topological polar surface area (TPSA) is 81.9 Å². The predicted molar refractivity (Wildman–Crippen MR) is 77.5 cm³/mol. The van der Waals surface area contributed by atoms with E-state index in [1.807, 2.05) is 24.3 Å². The first-order valence-electron chi connectivity index (χ1n) is 6.91. The van der Waals surface area contributed by atoms with E-state index in [9.17, 15) is 9.59 Å². The highest BCUT2D eigenvalue weighted by molar-refractivity contribution is 5.85. The summed E-state index contributed by atoms with van der Waals surface area (Å²) in [6, 6.07) is 6.79. The maximum absolute atomic E-state index is 12.3. The summed E-state index contributed by atoms with van der Waals surface area (Å²) in [5.41, 5.74) is 7.37. The Morgan fingerprint density at radius 1 is 1.38 bits per heavy atom. The molecule has 0 aromatic heterocycles. The molecule has 1 aliphatic rings. The van der Waals surface area contributed by atoms with Crippen LogP contribution in [0.3, 0.4) is 0 Å². The van der Waals surface area contributed by atoms with Crippen molar-refractivity contribution in [1.82, 2.24) is 4.90 Å². The highest BCUT2D eigenvalue weighted by Gasteiger charge is 2.33. The van der Waals surface area contributed by atoms with Gasteiger partial charge in [0.05, 0.1) is 20.3 Å². The van der Waals surface area contributed by atoms with Crippen LogP contribution in [0, 0.1) is 0 Å². The largest absolute Gasteiger partial charge is 0.467 e. The molecule has 0 bridgehead atoms. The molecule has 2 N–H and O–H groups in total. The molecule has 2 rings (SSSR count). The lowest BCUT2D eigenvalue weighted by Gasteiger charge is -2.33. The average molecular weight is 292 g/mol. The number of nitrogens with zero attached hydrogens (tertiary/aromatic N) is 1. The van der Waals surface area contributed by atoms with Crippen LogP contribution in [0.2, 0.25) is 0 Å². The summed E-state index contributed by atoms with van der Waals surface area (Å²) >= 11 is 0. The molecule has 0 spiro atoms. The van der Waals surface area contributed by atoms with Gasteiger partial charge in [-0.3, -0.25) is 4.79 Å². The summed E-state index contributed by atoms with van der Waals surface area (Å²) in [4.78, 5) is 25.5. The van der Waals surface area contributed by atoms with E-state index in [1.165, 1.54) is 7.11 Å². The van der Waals surface area contributed by atoms with E-state index in [4.69, 9.17) is 15.2 Å². The Balaban J connectivity index is 1.94. The van der Waals surface area contributed by atoms with Gasteiger partial charge in [-0.1, -0.05) is 12.1 Å². The quantitative estimate of drug-likeness (QED) is 0.649. The van der Waals surface area contributed by atoms with E-state index in [0.717, 1.165) is 5.56 Å². The molecule has 1 saturated heterocycles. The average Bonchev–Trinajstić information content (AvgIpc) is 2.53. The molecular weight excluding hydrogens is 272 g/mol. The van der Waals surface area contributed by atoms with Crippen LogP contribution in [-0.2, 0) is 25.5 Å². The van der Waals surface area contributed by atoms with Gasteiger partial charge >= 0.3 is 5.97 Å². The second kappa shape index (κ2) is 7.08. The summed E-state index contributed by atoms with van der Waals surface area (Å²) in [5.74, 6) is -0.499. The van der Waals surface area contributed by atoms with E-state index in [2.05, 4.69) is 0 Å². The standard InChI is InChI=1S/C15H20N2O4/c1-20-15(19)13-10-21-9-8-17(13)14(18)7-4-11-2-5-12(16)6-3-11/h2-3,5-6,13H,4,7-10,16H2,1H3.